The highest BCUT2D eigenvalue weighted by atomic mass is 32.2. The Kier molecular flexibility index (Phi) is 7.63. The molecular weight excluding hydrogens is 396 g/mol. The normalized spacial score (nSPS) is 20.8. The van der Waals surface area contributed by atoms with Gasteiger partial charge in [0.25, 0.3) is 5.91 Å². The summed E-state index contributed by atoms with van der Waals surface area (Å²) in [5.74, 6) is -1.15. The molecule has 2 aliphatic rings. The molecule has 2 fully saturated rings. The molecule has 160 valence electrons. The first-order valence-corrected chi connectivity index (χ1v) is 11.6. The minimum absolute atomic E-state index is 0.00975. The summed E-state index contributed by atoms with van der Waals surface area (Å²) in [6, 6.07) is 5.78. The van der Waals surface area contributed by atoms with Crippen LogP contribution in [0, 0.1) is 0 Å². The Balaban J connectivity index is 1.56. The molecule has 8 nitrogen and oxygen atoms in total. The Morgan fingerprint density at radius 2 is 1.90 bits per heavy atom. The van der Waals surface area contributed by atoms with Gasteiger partial charge in [0.05, 0.1) is 16.6 Å². The van der Waals surface area contributed by atoms with Crippen LogP contribution in [-0.2, 0) is 24.3 Å². The summed E-state index contributed by atoms with van der Waals surface area (Å²) in [7, 11) is -3.66. The molecule has 0 saturated carbocycles. The predicted molar refractivity (Wildman–Crippen MR) is 106 cm³/mol. The largest absolute Gasteiger partial charge is 0.452 e. The molecule has 3 rings (SSSR count). The topological polar surface area (TPSA) is 102 Å². The monoisotopic (exact) mass is 424 g/mol. The lowest BCUT2D eigenvalue weighted by Crippen LogP contribution is -2.34. The third-order valence-electron chi connectivity index (χ3n) is 5.16. The Labute approximate surface area is 171 Å². The van der Waals surface area contributed by atoms with Crippen LogP contribution in [0.25, 0.3) is 0 Å². The zero-order valence-electron chi connectivity index (χ0n) is 16.5. The first-order chi connectivity index (χ1) is 14.0. The number of carbonyl (C=O) groups is 2. The molecule has 1 aromatic rings. The van der Waals surface area contributed by atoms with Gasteiger partial charge in [0.1, 0.15) is 0 Å². The van der Waals surface area contributed by atoms with E-state index in [2.05, 4.69) is 5.32 Å². The first-order valence-electron chi connectivity index (χ1n) is 10.1. The van der Waals surface area contributed by atoms with Gasteiger partial charge in [-0.25, -0.2) is 13.2 Å². The van der Waals surface area contributed by atoms with Crippen molar-refractivity contribution >= 4 is 21.9 Å². The van der Waals surface area contributed by atoms with E-state index >= 15 is 0 Å². The average molecular weight is 425 g/mol. The van der Waals surface area contributed by atoms with Crippen molar-refractivity contribution in [1.29, 1.82) is 0 Å². The van der Waals surface area contributed by atoms with Crippen molar-refractivity contribution in [2.45, 2.75) is 49.5 Å². The maximum Gasteiger partial charge on any atom is 0.338 e. The Hall–Kier alpha value is -1.97. The third kappa shape index (κ3) is 6.01. The van der Waals surface area contributed by atoms with Crippen LogP contribution in [-0.4, -0.2) is 63.6 Å². The minimum Gasteiger partial charge on any atom is -0.452 e. The number of esters is 1. The van der Waals surface area contributed by atoms with Crippen molar-refractivity contribution in [2.24, 2.45) is 0 Å². The van der Waals surface area contributed by atoms with Gasteiger partial charge in [-0.1, -0.05) is 18.9 Å². The molecule has 29 heavy (non-hydrogen) atoms. The average Bonchev–Trinajstić information content (AvgIpc) is 3.09. The van der Waals surface area contributed by atoms with Crippen LogP contribution in [0.3, 0.4) is 0 Å². The number of hydrogen-bond donors (Lipinski definition) is 1. The summed E-state index contributed by atoms with van der Waals surface area (Å²) < 4.78 is 37.7. The van der Waals surface area contributed by atoms with Crippen molar-refractivity contribution in [1.82, 2.24) is 9.62 Å². The molecule has 1 atom stereocenters. The first kappa shape index (κ1) is 21.7. The molecule has 1 aromatic carbocycles. The Morgan fingerprint density at radius 1 is 1.14 bits per heavy atom. The van der Waals surface area contributed by atoms with Crippen molar-refractivity contribution in [2.75, 3.05) is 32.8 Å². The number of hydrogen-bond acceptors (Lipinski definition) is 6. The van der Waals surface area contributed by atoms with Crippen LogP contribution in [0.5, 0.6) is 0 Å². The van der Waals surface area contributed by atoms with Crippen LogP contribution in [0.15, 0.2) is 29.2 Å². The van der Waals surface area contributed by atoms with Gasteiger partial charge in [0.15, 0.2) is 6.61 Å². The quantitative estimate of drug-likeness (QED) is 0.669. The van der Waals surface area contributed by atoms with Crippen LogP contribution >= 0.6 is 0 Å². The van der Waals surface area contributed by atoms with Gasteiger partial charge >= 0.3 is 5.97 Å². The van der Waals surface area contributed by atoms with Crippen molar-refractivity contribution in [3.63, 3.8) is 0 Å². The zero-order valence-corrected chi connectivity index (χ0v) is 17.3. The van der Waals surface area contributed by atoms with E-state index in [1.54, 1.807) is 0 Å². The van der Waals surface area contributed by atoms with E-state index in [0.717, 1.165) is 38.5 Å². The SMILES string of the molecule is O=C(COC(=O)c1cccc(S(=O)(=O)N2CCCCCC2)c1)NC[C@@H]1CCCO1. The second-order valence-corrected chi connectivity index (χ2v) is 9.30. The van der Waals surface area contributed by atoms with Gasteiger partial charge in [-0.15, -0.1) is 0 Å². The highest BCUT2D eigenvalue weighted by Gasteiger charge is 2.26. The minimum atomic E-state index is -3.66. The highest BCUT2D eigenvalue weighted by molar-refractivity contribution is 7.89. The van der Waals surface area contributed by atoms with E-state index in [4.69, 9.17) is 9.47 Å². The molecule has 0 aliphatic carbocycles. The van der Waals surface area contributed by atoms with E-state index in [9.17, 15) is 18.0 Å². The molecule has 1 N–H and O–H groups in total. The summed E-state index contributed by atoms with van der Waals surface area (Å²) >= 11 is 0. The number of nitrogens with zero attached hydrogens (tertiary/aromatic N) is 1. The van der Waals surface area contributed by atoms with Gasteiger partial charge in [-0.2, -0.15) is 4.31 Å². The highest BCUT2D eigenvalue weighted by Crippen LogP contribution is 2.21. The number of amides is 1. The number of ether oxygens (including phenoxy) is 2. The van der Waals surface area contributed by atoms with Gasteiger partial charge in [-0.3, -0.25) is 4.79 Å². The summed E-state index contributed by atoms with van der Waals surface area (Å²) in [5, 5.41) is 2.67. The second-order valence-electron chi connectivity index (χ2n) is 7.36. The van der Waals surface area contributed by atoms with Gasteiger partial charge < -0.3 is 14.8 Å². The zero-order chi connectivity index (χ0) is 20.7. The summed E-state index contributed by atoms with van der Waals surface area (Å²) in [5.41, 5.74) is 0.104. The lowest BCUT2D eigenvalue weighted by atomic mass is 10.2. The lowest BCUT2D eigenvalue weighted by molar-refractivity contribution is -0.124. The van der Waals surface area contributed by atoms with Crippen LogP contribution in [0.4, 0.5) is 0 Å². The molecule has 2 heterocycles. The van der Waals surface area contributed by atoms with E-state index in [-0.39, 0.29) is 16.6 Å². The van der Waals surface area contributed by atoms with Gasteiger partial charge in [-0.05, 0) is 43.9 Å². The van der Waals surface area contributed by atoms with Gasteiger partial charge in [0.2, 0.25) is 10.0 Å². The molecular formula is C20H28N2O6S. The second kappa shape index (κ2) is 10.2. The van der Waals surface area contributed by atoms with E-state index in [1.165, 1.54) is 28.6 Å². The summed E-state index contributed by atoms with van der Waals surface area (Å²) in [4.78, 5) is 24.2. The third-order valence-corrected chi connectivity index (χ3v) is 7.05. The molecule has 0 radical (unpaired) electrons. The Bertz CT molecular complexity index is 812. The number of rotatable bonds is 7. The smallest absolute Gasteiger partial charge is 0.338 e. The fourth-order valence-corrected chi connectivity index (χ4v) is 5.08. The van der Waals surface area contributed by atoms with Crippen LogP contribution in [0.1, 0.15) is 48.9 Å². The van der Waals surface area contributed by atoms with E-state index in [0.29, 0.717) is 26.2 Å². The maximum atomic E-state index is 12.9. The molecule has 0 aromatic heterocycles. The van der Waals surface area contributed by atoms with E-state index < -0.39 is 28.5 Å². The number of sulfonamides is 1. The van der Waals surface area contributed by atoms with E-state index in [1.807, 2.05) is 0 Å². The van der Waals surface area contributed by atoms with Crippen LogP contribution in [0.2, 0.25) is 0 Å². The predicted octanol–water partition coefficient (Wildman–Crippen LogP) is 1.70. The number of carbonyl (C=O) groups excluding carboxylic acids is 2. The number of nitrogens with one attached hydrogen (secondary N) is 1. The fraction of sp³-hybridized carbons (Fsp3) is 0.600. The molecule has 2 aliphatic heterocycles. The molecule has 1 amide bonds. The number of benzene rings is 1. The van der Waals surface area contributed by atoms with Gasteiger partial charge in [0, 0.05) is 26.2 Å². The Morgan fingerprint density at radius 3 is 2.59 bits per heavy atom. The fourth-order valence-electron chi connectivity index (χ4n) is 3.51. The molecule has 9 heteroatoms. The standard InChI is InChI=1S/C20H28N2O6S/c23-19(21-14-17-8-6-12-27-17)15-28-20(24)16-7-5-9-18(13-16)29(25,26)22-10-3-1-2-4-11-22/h5,7,9,13,17H,1-4,6,8,10-12,14-15H2,(H,21,23)/t17-/m0/s1. The van der Waals surface area contributed by atoms with Crippen molar-refractivity contribution in [3.8, 4) is 0 Å². The maximum absolute atomic E-state index is 12.9. The van der Waals surface area contributed by atoms with Crippen molar-refractivity contribution in [3.05, 3.63) is 29.8 Å². The molecule has 2 saturated heterocycles. The molecule has 0 bridgehead atoms. The van der Waals surface area contributed by atoms with Crippen LogP contribution < -0.4 is 5.32 Å². The lowest BCUT2D eigenvalue weighted by Gasteiger charge is -2.20. The van der Waals surface area contributed by atoms with Crippen molar-refractivity contribution < 1.29 is 27.5 Å². The summed E-state index contributed by atoms with van der Waals surface area (Å²) in [6.07, 6.45) is 5.60. The molecule has 0 spiro atoms. The molecule has 0 unspecified atom stereocenters. The summed E-state index contributed by atoms with van der Waals surface area (Å²) in [6.45, 7) is 1.64.